The molecule has 1 aliphatic rings. The molecule has 23 heavy (non-hydrogen) atoms. The van der Waals surface area contributed by atoms with E-state index in [4.69, 9.17) is 4.74 Å². The Balaban J connectivity index is 1.87. The van der Waals surface area contributed by atoms with Crippen molar-refractivity contribution in [2.75, 3.05) is 6.61 Å². The lowest BCUT2D eigenvalue weighted by molar-refractivity contribution is -0.137. The third-order valence-electron chi connectivity index (χ3n) is 3.74. The van der Waals surface area contributed by atoms with E-state index >= 15 is 0 Å². The van der Waals surface area contributed by atoms with Crippen molar-refractivity contribution in [1.82, 2.24) is 5.32 Å². The Kier molecular flexibility index (Phi) is 3.98. The average molecular weight is 321 g/mol. The van der Waals surface area contributed by atoms with E-state index in [0.717, 1.165) is 11.6 Å². The fourth-order valence-electron chi connectivity index (χ4n) is 2.66. The maximum absolute atomic E-state index is 13.0. The molecule has 0 bridgehead atoms. The zero-order valence-corrected chi connectivity index (χ0v) is 12.1. The van der Waals surface area contributed by atoms with Crippen LogP contribution in [0.25, 0.3) is 0 Å². The van der Waals surface area contributed by atoms with Gasteiger partial charge >= 0.3 is 6.18 Å². The normalized spacial score (nSPS) is 17.1. The molecule has 1 amide bonds. The van der Waals surface area contributed by atoms with Crippen LogP contribution >= 0.6 is 0 Å². The molecule has 0 saturated heterocycles. The van der Waals surface area contributed by atoms with Crippen LogP contribution in [0, 0.1) is 0 Å². The van der Waals surface area contributed by atoms with Gasteiger partial charge in [0.2, 0.25) is 0 Å². The summed E-state index contributed by atoms with van der Waals surface area (Å²) in [6, 6.07) is 11.6. The molecule has 0 spiro atoms. The highest BCUT2D eigenvalue weighted by molar-refractivity contribution is 5.96. The maximum Gasteiger partial charge on any atom is 0.417 e. The highest BCUT2D eigenvalue weighted by Gasteiger charge is 2.35. The van der Waals surface area contributed by atoms with Crippen molar-refractivity contribution in [2.45, 2.75) is 18.6 Å². The number of amides is 1. The second kappa shape index (κ2) is 5.95. The summed E-state index contributed by atoms with van der Waals surface area (Å²) in [5.41, 5.74) is -0.529. The molecule has 1 aliphatic heterocycles. The molecule has 0 radical (unpaired) electrons. The summed E-state index contributed by atoms with van der Waals surface area (Å²) in [6.07, 6.45) is -4.06. The molecule has 0 aromatic heterocycles. The van der Waals surface area contributed by atoms with E-state index in [1.165, 1.54) is 18.2 Å². The quantitative estimate of drug-likeness (QED) is 0.909. The zero-order valence-electron chi connectivity index (χ0n) is 12.1. The Hall–Kier alpha value is -2.50. The van der Waals surface area contributed by atoms with Crippen molar-refractivity contribution in [3.8, 4) is 5.75 Å². The van der Waals surface area contributed by atoms with Gasteiger partial charge in [-0.2, -0.15) is 13.2 Å². The Morgan fingerprint density at radius 3 is 2.57 bits per heavy atom. The molecular weight excluding hydrogens is 307 g/mol. The number of carbonyl (C=O) groups is 1. The molecule has 0 saturated carbocycles. The lowest BCUT2D eigenvalue weighted by Crippen LogP contribution is -2.33. The molecule has 3 rings (SSSR count). The van der Waals surface area contributed by atoms with Crippen molar-refractivity contribution in [3.63, 3.8) is 0 Å². The summed E-state index contributed by atoms with van der Waals surface area (Å²) in [5, 5.41) is 2.68. The van der Waals surface area contributed by atoms with Crippen molar-refractivity contribution in [1.29, 1.82) is 0 Å². The van der Waals surface area contributed by atoms with Gasteiger partial charge in [-0.15, -0.1) is 0 Å². The molecule has 2 aromatic rings. The van der Waals surface area contributed by atoms with Crippen LogP contribution in [0.2, 0.25) is 0 Å². The maximum atomic E-state index is 13.0. The summed E-state index contributed by atoms with van der Waals surface area (Å²) in [5.74, 6) is -0.0900. The third-order valence-corrected chi connectivity index (χ3v) is 3.74. The second-order valence-corrected chi connectivity index (χ2v) is 5.24. The highest BCUT2D eigenvalue weighted by atomic mass is 19.4. The lowest BCUT2D eigenvalue weighted by Gasteiger charge is -2.27. The number of nitrogens with one attached hydrogen (secondary N) is 1. The zero-order chi connectivity index (χ0) is 16.4. The average Bonchev–Trinajstić information content (AvgIpc) is 2.54. The monoisotopic (exact) mass is 321 g/mol. The van der Waals surface area contributed by atoms with E-state index in [0.29, 0.717) is 18.8 Å². The van der Waals surface area contributed by atoms with E-state index in [1.54, 1.807) is 18.2 Å². The topological polar surface area (TPSA) is 38.3 Å². The van der Waals surface area contributed by atoms with Crippen LogP contribution in [0.1, 0.15) is 33.9 Å². The number of hydrogen-bond acceptors (Lipinski definition) is 2. The van der Waals surface area contributed by atoms with Gasteiger partial charge in [-0.05, 0) is 18.2 Å². The first-order chi connectivity index (χ1) is 11.0. The van der Waals surface area contributed by atoms with Gasteiger partial charge in [0.25, 0.3) is 5.91 Å². The summed E-state index contributed by atoms with van der Waals surface area (Å²) < 4.78 is 44.6. The van der Waals surface area contributed by atoms with Crippen molar-refractivity contribution in [2.24, 2.45) is 0 Å². The van der Waals surface area contributed by atoms with Crippen LogP contribution in [0.15, 0.2) is 48.5 Å². The molecule has 0 fully saturated rings. The first kappa shape index (κ1) is 15.4. The van der Waals surface area contributed by atoms with E-state index in [2.05, 4.69) is 5.32 Å². The van der Waals surface area contributed by atoms with Crippen molar-refractivity contribution < 1.29 is 22.7 Å². The number of para-hydroxylation sites is 1. The Bertz CT molecular complexity index is 728. The second-order valence-electron chi connectivity index (χ2n) is 5.24. The molecule has 3 nitrogen and oxygen atoms in total. The molecule has 120 valence electrons. The van der Waals surface area contributed by atoms with E-state index in [9.17, 15) is 18.0 Å². The number of ether oxygens (including phenoxy) is 1. The molecule has 1 heterocycles. The molecule has 0 aliphatic carbocycles. The first-order valence-electron chi connectivity index (χ1n) is 7.15. The minimum atomic E-state index is -4.57. The van der Waals surface area contributed by atoms with Gasteiger partial charge in [0.1, 0.15) is 5.75 Å². The molecule has 1 unspecified atom stereocenters. The van der Waals surface area contributed by atoms with Gasteiger partial charge in [-0.25, -0.2) is 0 Å². The van der Waals surface area contributed by atoms with Crippen molar-refractivity contribution in [3.05, 3.63) is 65.2 Å². The van der Waals surface area contributed by atoms with Gasteiger partial charge in [0, 0.05) is 12.0 Å². The fourth-order valence-corrected chi connectivity index (χ4v) is 2.66. The number of benzene rings is 2. The van der Waals surface area contributed by atoms with E-state index in [1.807, 2.05) is 6.07 Å². The predicted molar refractivity (Wildman–Crippen MR) is 78.2 cm³/mol. The van der Waals surface area contributed by atoms with Crippen LogP contribution in [0.5, 0.6) is 5.75 Å². The smallest absolute Gasteiger partial charge is 0.417 e. The van der Waals surface area contributed by atoms with Crippen LogP contribution in [0.4, 0.5) is 13.2 Å². The number of alkyl halides is 3. The van der Waals surface area contributed by atoms with E-state index in [-0.39, 0.29) is 11.6 Å². The summed E-state index contributed by atoms with van der Waals surface area (Å²) in [7, 11) is 0. The lowest BCUT2D eigenvalue weighted by atomic mass is 9.99. The van der Waals surface area contributed by atoms with Gasteiger partial charge < -0.3 is 10.1 Å². The molecule has 1 N–H and O–H groups in total. The minimum absolute atomic E-state index is 0.367. The van der Waals surface area contributed by atoms with Crippen LogP contribution < -0.4 is 10.1 Å². The Labute approximate surface area is 131 Å². The standard InChI is InChI=1S/C17H14F3NO2/c18-17(19,20)13-7-3-1-5-11(13)16(22)21-14-9-10-23-15-8-4-2-6-12(14)15/h1-8,14H,9-10H2,(H,21,22). The largest absolute Gasteiger partial charge is 0.493 e. The van der Waals surface area contributed by atoms with Crippen LogP contribution in [-0.2, 0) is 6.18 Å². The molecule has 2 aromatic carbocycles. The van der Waals surface area contributed by atoms with Gasteiger partial charge in [0.05, 0.1) is 23.8 Å². The minimum Gasteiger partial charge on any atom is -0.493 e. The summed E-state index contributed by atoms with van der Waals surface area (Å²) in [6.45, 7) is 0.406. The summed E-state index contributed by atoms with van der Waals surface area (Å²) >= 11 is 0. The molecule has 6 heteroatoms. The highest BCUT2D eigenvalue weighted by Crippen LogP contribution is 2.34. The predicted octanol–water partition coefficient (Wildman–Crippen LogP) is 3.96. The van der Waals surface area contributed by atoms with Gasteiger partial charge in [-0.3, -0.25) is 4.79 Å². The van der Waals surface area contributed by atoms with Crippen LogP contribution in [0.3, 0.4) is 0 Å². The number of carbonyl (C=O) groups excluding carboxylic acids is 1. The summed E-state index contributed by atoms with van der Waals surface area (Å²) in [4.78, 5) is 12.3. The number of fused-ring (bicyclic) bond motifs is 1. The van der Waals surface area contributed by atoms with Crippen LogP contribution in [-0.4, -0.2) is 12.5 Å². The first-order valence-corrected chi connectivity index (χ1v) is 7.15. The van der Waals surface area contributed by atoms with Crippen molar-refractivity contribution >= 4 is 5.91 Å². The van der Waals surface area contributed by atoms with Gasteiger partial charge in [-0.1, -0.05) is 30.3 Å². The SMILES string of the molecule is O=C(NC1CCOc2ccccc21)c1ccccc1C(F)(F)F. The fraction of sp³-hybridized carbons (Fsp3) is 0.235. The third kappa shape index (κ3) is 3.16. The Morgan fingerprint density at radius 1 is 1.09 bits per heavy atom. The number of hydrogen-bond donors (Lipinski definition) is 1. The number of rotatable bonds is 2. The Morgan fingerprint density at radius 2 is 1.78 bits per heavy atom. The molecular formula is C17H14F3NO2. The number of halogens is 3. The molecule has 1 atom stereocenters. The van der Waals surface area contributed by atoms with Gasteiger partial charge in [0.15, 0.2) is 0 Å². The van der Waals surface area contributed by atoms with E-state index < -0.39 is 17.6 Å².